The molecule has 2 fully saturated rings. The number of nitrogens with zero attached hydrogens (tertiary/aromatic N) is 4. The van der Waals surface area contributed by atoms with Crippen LogP contribution >= 0.6 is 15.9 Å². The van der Waals surface area contributed by atoms with Gasteiger partial charge < -0.3 is 24.6 Å². The number of piperidine rings is 1. The minimum Gasteiger partial charge on any atom is -0.369 e. The fourth-order valence-electron chi connectivity index (χ4n) is 7.49. The number of rotatable bonds is 5. The average molecular weight is 681 g/mol. The number of carbonyl (C=O) groups is 2. The van der Waals surface area contributed by atoms with Crippen LogP contribution in [0.1, 0.15) is 51.2 Å². The highest BCUT2D eigenvalue weighted by molar-refractivity contribution is 9.10. The van der Waals surface area contributed by atoms with Crippen molar-refractivity contribution in [3.8, 4) is 0 Å². The van der Waals surface area contributed by atoms with Gasteiger partial charge in [0.25, 0.3) is 17.4 Å². The van der Waals surface area contributed by atoms with Crippen LogP contribution in [0.15, 0.2) is 94.2 Å². The molecule has 0 spiro atoms. The van der Waals surface area contributed by atoms with Gasteiger partial charge in [-0.3, -0.25) is 14.4 Å². The smallest absolute Gasteiger partial charge is 0.256 e. The van der Waals surface area contributed by atoms with Gasteiger partial charge in [-0.25, -0.2) is 0 Å². The van der Waals surface area contributed by atoms with E-state index in [2.05, 4.69) is 75.2 Å². The van der Waals surface area contributed by atoms with Gasteiger partial charge >= 0.3 is 0 Å². The summed E-state index contributed by atoms with van der Waals surface area (Å²) in [7, 11) is 0. The third kappa shape index (κ3) is 5.84. The first-order valence-electron chi connectivity index (χ1n) is 16.0. The van der Waals surface area contributed by atoms with Gasteiger partial charge in [0.2, 0.25) is 0 Å². The van der Waals surface area contributed by atoms with Crippen LogP contribution in [-0.2, 0) is 6.54 Å². The molecule has 0 aliphatic carbocycles. The lowest BCUT2D eigenvalue weighted by Gasteiger charge is -2.44. The van der Waals surface area contributed by atoms with E-state index >= 15 is 0 Å². The van der Waals surface area contributed by atoms with E-state index in [0.29, 0.717) is 46.8 Å². The Bertz CT molecular complexity index is 1870. The number of carbonyl (C=O) groups excluding carboxylic acids is 2. The minimum absolute atomic E-state index is 0.0394. The SMILES string of the molecule is Cc1cccc(N2CCN(C(=O)c3ccc(N4C[C@H]5C[C@@H](C4)c4cccc(=O)n4C5)c(NC(=O)c4ccccc4Br)c3)C[C@H]2C)c1. The molecular weight excluding hydrogens is 642 g/mol. The van der Waals surface area contributed by atoms with E-state index in [0.717, 1.165) is 37.4 Å². The van der Waals surface area contributed by atoms with E-state index in [1.165, 1.54) is 11.3 Å². The van der Waals surface area contributed by atoms with Gasteiger partial charge in [0.15, 0.2) is 0 Å². The van der Waals surface area contributed by atoms with Crippen molar-refractivity contribution >= 4 is 44.8 Å². The molecule has 1 aromatic heterocycles. The Kier molecular flexibility index (Phi) is 8.19. The van der Waals surface area contributed by atoms with Crippen molar-refractivity contribution in [3.05, 3.63) is 122 Å². The summed E-state index contributed by atoms with van der Waals surface area (Å²) in [5, 5.41) is 3.15. The van der Waals surface area contributed by atoms with Crippen LogP contribution in [0.25, 0.3) is 0 Å². The first-order valence-corrected chi connectivity index (χ1v) is 16.8. The number of aromatic nitrogens is 1. The van der Waals surface area contributed by atoms with Crippen LogP contribution in [0.4, 0.5) is 17.1 Å². The lowest BCUT2D eigenvalue weighted by Crippen LogP contribution is -2.53. The third-order valence-electron chi connectivity index (χ3n) is 9.68. The highest BCUT2D eigenvalue weighted by Crippen LogP contribution is 2.40. The summed E-state index contributed by atoms with van der Waals surface area (Å²) in [5.74, 6) is 0.238. The summed E-state index contributed by atoms with van der Waals surface area (Å²) in [6, 6.07) is 27.3. The number of aryl methyl sites for hydroxylation is 1. The van der Waals surface area contributed by atoms with Crippen LogP contribution in [0.3, 0.4) is 0 Å². The number of nitrogens with one attached hydrogen (secondary N) is 1. The maximum absolute atomic E-state index is 14.0. The number of benzene rings is 3. The first-order chi connectivity index (χ1) is 22.2. The summed E-state index contributed by atoms with van der Waals surface area (Å²) in [6.45, 7) is 8.41. The molecule has 2 amide bonds. The summed E-state index contributed by atoms with van der Waals surface area (Å²) < 4.78 is 2.63. The van der Waals surface area contributed by atoms with Crippen molar-refractivity contribution in [1.82, 2.24) is 9.47 Å². The fourth-order valence-corrected chi connectivity index (χ4v) is 7.95. The molecule has 4 aromatic rings. The van der Waals surface area contributed by atoms with Crippen LogP contribution in [0.2, 0.25) is 0 Å². The predicted molar refractivity (Wildman–Crippen MR) is 186 cm³/mol. The lowest BCUT2D eigenvalue weighted by atomic mass is 9.83. The molecule has 9 heteroatoms. The van der Waals surface area contributed by atoms with Crippen molar-refractivity contribution in [2.24, 2.45) is 5.92 Å². The number of pyridine rings is 1. The molecule has 3 aromatic carbocycles. The highest BCUT2D eigenvalue weighted by Gasteiger charge is 2.36. The van der Waals surface area contributed by atoms with Crippen molar-refractivity contribution in [3.63, 3.8) is 0 Å². The quantitative estimate of drug-likeness (QED) is 0.274. The van der Waals surface area contributed by atoms with Crippen molar-refractivity contribution in [1.29, 1.82) is 0 Å². The summed E-state index contributed by atoms with van der Waals surface area (Å²) >= 11 is 3.52. The number of hydrogen-bond donors (Lipinski definition) is 1. The zero-order chi connectivity index (χ0) is 31.9. The second-order valence-corrected chi connectivity index (χ2v) is 13.8. The zero-order valence-corrected chi connectivity index (χ0v) is 27.7. The van der Waals surface area contributed by atoms with Crippen LogP contribution in [0, 0.1) is 12.8 Å². The number of piperazine rings is 1. The normalized spacial score (nSPS) is 20.7. The average Bonchev–Trinajstić information content (AvgIpc) is 3.05. The van der Waals surface area contributed by atoms with Gasteiger partial charge in [0.05, 0.1) is 16.9 Å². The van der Waals surface area contributed by atoms with Gasteiger partial charge in [-0.05, 0) is 96.2 Å². The molecule has 7 rings (SSSR count). The molecule has 4 heterocycles. The third-order valence-corrected chi connectivity index (χ3v) is 10.4. The van der Waals surface area contributed by atoms with Gasteiger partial charge in [-0.1, -0.05) is 30.3 Å². The topological polar surface area (TPSA) is 77.9 Å². The number of anilines is 3. The molecule has 0 saturated carbocycles. The number of hydrogen-bond acceptors (Lipinski definition) is 5. The van der Waals surface area contributed by atoms with E-state index < -0.39 is 0 Å². The maximum atomic E-state index is 14.0. The molecule has 0 unspecified atom stereocenters. The summed E-state index contributed by atoms with van der Waals surface area (Å²) in [5.41, 5.74) is 6.10. The monoisotopic (exact) mass is 679 g/mol. The minimum atomic E-state index is -0.243. The summed E-state index contributed by atoms with van der Waals surface area (Å²) in [4.78, 5) is 46.7. The molecule has 3 atom stereocenters. The Morgan fingerprint density at radius 3 is 2.50 bits per heavy atom. The molecule has 236 valence electrons. The van der Waals surface area contributed by atoms with Crippen LogP contribution < -0.4 is 20.7 Å². The van der Waals surface area contributed by atoms with Gasteiger partial charge in [0, 0.05) is 78.7 Å². The van der Waals surface area contributed by atoms with Gasteiger partial charge in [-0.2, -0.15) is 0 Å². The molecular formula is C37H38BrN5O3. The first kappa shape index (κ1) is 30.3. The second kappa shape index (κ2) is 12.4. The molecule has 8 nitrogen and oxygen atoms in total. The fraction of sp³-hybridized carbons (Fsp3) is 0.324. The zero-order valence-electron chi connectivity index (χ0n) is 26.2. The highest BCUT2D eigenvalue weighted by atomic mass is 79.9. The van der Waals surface area contributed by atoms with E-state index in [1.54, 1.807) is 12.1 Å². The molecule has 0 radical (unpaired) electrons. The standard InChI is InChI=1S/C37H38BrN5O3/c1-24-7-5-8-29(17-24)42-16-15-40(20-25(42)2)37(46)27-13-14-34(32(19-27)39-36(45)30-9-3-4-10-31(30)38)41-21-26-18-28(23-41)33-11-6-12-35(44)43(33)22-26/h3-14,17,19,25-26,28H,15-16,18,20-23H2,1-2H3,(H,39,45)/t25-,26-,28+/m1/s1. The maximum Gasteiger partial charge on any atom is 0.256 e. The summed E-state index contributed by atoms with van der Waals surface area (Å²) in [6.07, 6.45) is 1.03. The number of halogens is 1. The van der Waals surface area contributed by atoms with E-state index in [1.807, 2.05) is 51.9 Å². The molecule has 3 aliphatic heterocycles. The Morgan fingerprint density at radius 1 is 0.870 bits per heavy atom. The van der Waals surface area contributed by atoms with Gasteiger partial charge in [0.1, 0.15) is 0 Å². The van der Waals surface area contributed by atoms with Crippen LogP contribution in [0.5, 0.6) is 0 Å². The molecule has 3 aliphatic rings. The molecule has 1 N–H and O–H groups in total. The van der Waals surface area contributed by atoms with Crippen LogP contribution in [-0.4, -0.2) is 60.0 Å². The Hall–Kier alpha value is -4.37. The molecule has 2 bridgehead atoms. The van der Waals surface area contributed by atoms with Gasteiger partial charge in [-0.15, -0.1) is 0 Å². The van der Waals surface area contributed by atoms with E-state index in [-0.39, 0.29) is 29.3 Å². The largest absolute Gasteiger partial charge is 0.369 e. The van der Waals surface area contributed by atoms with E-state index in [9.17, 15) is 14.4 Å². The van der Waals surface area contributed by atoms with Crippen molar-refractivity contribution < 1.29 is 9.59 Å². The Labute approximate surface area is 277 Å². The lowest BCUT2D eigenvalue weighted by molar-refractivity contribution is 0.0726. The molecule has 2 saturated heterocycles. The Balaban J connectivity index is 1.17. The van der Waals surface area contributed by atoms with Crippen molar-refractivity contribution in [2.45, 2.75) is 38.8 Å². The molecule has 46 heavy (non-hydrogen) atoms. The number of fused-ring (bicyclic) bond motifs is 4. The Morgan fingerprint density at radius 2 is 1.70 bits per heavy atom. The number of amides is 2. The van der Waals surface area contributed by atoms with E-state index in [4.69, 9.17) is 0 Å². The second-order valence-electron chi connectivity index (χ2n) is 12.9. The van der Waals surface area contributed by atoms with Crippen molar-refractivity contribution in [2.75, 3.05) is 47.8 Å². The predicted octanol–water partition coefficient (Wildman–Crippen LogP) is 6.15.